The number of nitrogens with two attached hydrogens (primary N) is 1. The highest BCUT2D eigenvalue weighted by molar-refractivity contribution is 5.52. The Hall–Kier alpha value is -1.65. The molecule has 0 spiro atoms. The maximum Gasteiger partial charge on any atom is 0.226 e. The number of nitrogens with zero attached hydrogens (tertiary/aromatic N) is 2. The SMILES string of the molecule is CC1C(N)CCN1Cc1coc(-c2ccccc2)n1. The Morgan fingerprint density at radius 2 is 2.16 bits per heavy atom. The highest BCUT2D eigenvalue weighted by atomic mass is 16.3. The second-order valence-electron chi connectivity index (χ2n) is 5.17. The Kier molecular flexibility index (Phi) is 3.36. The Labute approximate surface area is 113 Å². The van der Waals surface area contributed by atoms with Gasteiger partial charge in [0, 0.05) is 30.7 Å². The highest BCUT2D eigenvalue weighted by Gasteiger charge is 2.28. The molecule has 3 rings (SSSR count). The summed E-state index contributed by atoms with van der Waals surface area (Å²) < 4.78 is 5.55. The topological polar surface area (TPSA) is 55.3 Å². The maximum atomic E-state index is 6.03. The molecule has 4 nitrogen and oxygen atoms in total. The zero-order valence-corrected chi connectivity index (χ0v) is 11.1. The van der Waals surface area contributed by atoms with E-state index in [9.17, 15) is 0 Å². The van der Waals surface area contributed by atoms with E-state index in [2.05, 4.69) is 16.8 Å². The summed E-state index contributed by atoms with van der Waals surface area (Å²) >= 11 is 0. The van der Waals surface area contributed by atoms with Crippen LogP contribution in [0.1, 0.15) is 19.0 Å². The van der Waals surface area contributed by atoms with Crippen LogP contribution >= 0.6 is 0 Å². The van der Waals surface area contributed by atoms with Crippen molar-refractivity contribution in [2.75, 3.05) is 6.54 Å². The van der Waals surface area contributed by atoms with Crippen molar-refractivity contribution in [1.29, 1.82) is 0 Å². The van der Waals surface area contributed by atoms with Gasteiger partial charge in [0.25, 0.3) is 0 Å². The van der Waals surface area contributed by atoms with E-state index < -0.39 is 0 Å². The van der Waals surface area contributed by atoms with E-state index in [1.807, 2.05) is 30.3 Å². The first-order valence-corrected chi connectivity index (χ1v) is 6.73. The number of likely N-dealkylation sites (tertiary alicyclic amines) is 1. The lowest BCUT2D eigenvalue weighted by Crippen LogP contribution is -2.36. The quantitative estimate of drug-likeness (QED) is 0.916. The maximum absolute atomic E-state index is 6.03. The average Bonchev–Trinajstić information content (AvgIpc) is 3.02. The van der Waals surface area contributed by atoms with Crippen molar-refractivity contribution in [2.24, 2.45) is 5.73 Å². The zero-order chi connectivity index (χ0) is 13.2. The van der Waals surface area contributed by atoms with E-state index in [1.54, 1.807) is 6.26 Å². The molecule has 19 heavy (non-hydrogen) atoms. The third-order valence-corrected chi connectivity index (χ3v) is 3.88. The molecule has 2 aromatic rings. The van der Waals surface area contributed by atoms with Crippen molar-refractivity contribution in [3.05, 3.63) is 42.3 Å². The summed E-state index contributed by atoms with van der Waals surface area (Å²) in [5.41, 5.74) is 8.02. The van der Waals surface area contributed by atoms with Gasteiger partial charge in [-0.05, 0) is 25.5 Å². The van der Waals surface area contributed by atoms with E-state index >= 15 is 0 Å². The third kappa shape index (κ3) is 2.55. The molecule has 0 amide bonds. The van der Waals surface area contributed by atoms with Crippen LogP contribution < -0.4 is 5.73 Å². The van der Waals surface area contributed by atoms with E-state index in [0.29, 0.717) is 11.9 Å². The van der Waals surface area contributed by atoms with Gasteiger partial charge in [-0.1, -0.05) is 18.2 Å². The van der Waals surface area contributed by atoms with Crippen molar-refractivity contribution in [3.8, 4) is 11.5 Å². The predicted octanol–water partition coefficient (Wildman–Crippen LogP) is 2.26. The summed E-state index contributed by atoms with van der Waals surface area (Å²) in [6, 6.07) is 10.7. The van der Waals surface area contributed by atoms with Gasteiger partial charge in [-0.25, -0.2) is 4.98 Å². The molecule has 1 aliphatic heterocycles. The minimum Gasteiger partial charge on any atom is -0.444 e. The van der Waals surface area contributed by atoms with Gasteiger partial charge in [-0.2, -0.15) is 0 Å². The lowest BCUT2D eigenvalue weighted by atomic mass is 10.2. The smallest absolute Gasteiger partial charge is 0.226 e. The fourth-order valence-electron chi connectivity index (χ4n) is 2.55. The predicted molar refractivity (Wildman–Crippen MR) is 74.4 cm³/mol. The summed E-state index contributed by atoms with van der Waals surface area (Å²) in [5, 5.41) is 0. The fraction of sp³-hybridized carbons (Fsp3) is 0.400. The van der Waals surface area contributed by atoms with Gasteiger partial charge in [0.1, 0.15) is 6.26 Å². The van der Waals surface area contributed by atoms with Crippen LogP contribution in [0.15, 0.2) is 41.0 Å². The van der Waals surface area contributed by atoms with Crippen LogP contribution in [0.5, 0.6) is 0 Å². The Morgan fingerprint density at radius 1 is 1.37 bits per heavy atom. The molecule has 1 aromatic heterocycles. The van der Waals surface area contributed by atoms with Crippen molar-refractivity contribution < 1.29 is 4.42 Å². The normalized spacial score (nSPS) is 23.9. The lowest BCUT2D eigenvalue weighted by molar-refractivity contribution is 0.248. The van der Waals surface area contributed by atoms with Gasteiger partial charge in [0.2, 0.25) is 5.89 Å². The van der Waals surface area contributed by atoms with Gasteiger partial charge >= 0.3 is 0 Å². The second-order valence-corrected chi connectivity index (χ2v) is 5.17. The van der Waals surface area contributed by atoms with Crippen LogP contribution in [-0.2, 0) is 6.54 Å². The molecule has 1 aliphatic rings. The van der Waals surface area contributed by atoms with Gasteiger partial charge in [-0.15, -0.1) is 0 Å². The first kappa shape index (κ1) is 12.4. The van der Waals surface area contributed by atoms with Gasteiger partial charge < -0.3 is 10.2 Å². The monoisotopic (exact) mass is 257 g/mol. The van der Waals surface area contributed by atoms with Crippen LogP contribution in [-0.4, -0.2) is 28.5 Å². The molecule has 2 heterocycles. The summed E-state index contributed by atoms with van der Waals surface area (Å²) in [6.07, 6.45) is 2.81. The van der Waals surface area contributed by atoms with E-state index in [4.69, 9.17) is 10.2 Å². The second kappa shape index (κ2) is 5.15. The molecule has 1 fully saturated rings. The van der Waals surface area contributed by atoms with Gasteiger partial charge in [0.15, 0.2) is 0 Å². The number of aromatic nitrogens is 1. The van der Waals surface area contributed by atoms with Crippen LogP contribution in [0.25, 0.3) is 11.5 Å². The lowest BCUT2D eigenvalue weighted by Gasteiger charge is -2.21. The molecule has 0 aliphatic carbocycles. The first-order chi connectivity index (χ1) is 9.24. The van der Waals surface area contributed by atoms with E-state index in [1.165, 1.54) is 0 Å². The van der Waals surface area contributed by atoms with E-state index in [0.717, 1.165) is 30.8 Å². The van der Waals surface area contributed by atoms with Gasteiger partial charge in [0.05, 0.1) is 5.69 Å². The summed E-state index contributed by atoms with van der Waals surface area (Å²) in [7, 11) is 0. The first-order valence-electron chi connectivity index (χ1n) is 6.73. The van der Waals surface area contributed by atoms with Crippen molar-refractivity contribution in [3.63, 3.8) is 0 Å². The van der Waals surface area contributed by atoms with Crippen molar-refractivity contribution in [1.82, 2.24) is 9.88 Å². The Bertz CT molecular complexity index is 537. The molecule has 2 N–H and O–H groups in total. The molecule has 100 valence electrons. The minimum absolute atomic E-state index is 0.278. The fourth-order valence-corrected chi connectivity index (χ4v) is 2.55. The molecule has 2 atom stereocenters. The van der Waals surface area contributed by atoms with Crippen LogP contribution in [0.4, 0.5) is 0 Å². The summed E-state index contributed by atoms with van der Waals surface area (Å²) in [5.74, 6) is 0.687. The molecule has 4 heteroatoms. The number of oxazole rings is 1. The molecular formula is C15H19N3O. The molecule has 0 saturated carbocycles. The van der Waals surface area contributed by atoms with Crippen LogP contribution in [0.2, 0.25) is 0 Å². The molecule has 2 unspecified atom stereocenters. The Morgan fingerprint density at radius 3 is 2.84 bits per heavy atom. The number of hydrogen-bond acceptors (Lipinski definition) is 4. The summed E-state index contributed by atoms with van der Waals surface area (Å²) in [6.45, 7) is 4.02. The molecular weight excluding hydrogens is 238 g/mol. The summed E-state index contributed by atoms with van der Waals surface area (Å²) in [4.78, 5) is 6.91. The van der Waals surface area contributed by atoms with Crippen molar-refractivity contribution in [2.45, 2.75) is 32.0 Å². The number of rotatable bonds is 3. The number of benzene rings is 1. The van der Waals surface area contributed by atoms with E-state index in [-0.39, 0.29) is 6.04 Å². The highest BCUT2D eigenvalue weighted by Crippen LogP contribution is 2.22. The van der Waals surface area contributed by atoms with Crippen LogP contribution in [0, 0.1) is 0 Å². The Balaban J connectivity index is 1.72. The van der Waals surface area contributed by atoms with Crippen molar-refractivity contribution >= 4 is 0 Å². The molecule has 0 bridgehead atoms. The third-order valence-electron chi connectivity index (χ3n) is 3.88. The average molecular weight is 257 g/mol. The standard InChI is InChI=1S/C15H19N3O/c1-11-14(16)7-8-18(11)9-13-10-19-15(17-13)12-5-3-2-4-6-12/h2-6,10-11,14H,7-9,16H2,1H3. The largest absolute Gasteiger partial charge is 0.444 e. The zero-order valence-electron chi connectivity index (χ0n) is 11.1. The number of hydrogen-bond donors (Lipinski definition) is 1. The molecule has 1 saturated heterocycles. The van der Waals surface area contributed by atoms with Crippen LogP contribution in [0.3, 0.4) is 0 Å². The molecule has 1 aromatic carbocycles. The van der Waals surface area contributed by atoms with Gasteiger partial charge in [-0.3, -0.25) is 4.90 Å². The molecule has 0 radical (unpaired) electrons. The minimum atomic E-state index is 0.278.